The second-order valence-corrected chi connectivity index (χ2v) is 10.4. The molecule has 1 saturated carbocycles. The van der Waals surface area contributed by atoms with Gasteiger partial charge in [-0.2, -0.15) is 0 Å². The summed E-state index contributed by atoms with van der Waals surface area (Å²) in [7, 11) is 0. The van der Waals surface area contributed by atoms with Crippen LogP contribution in [0.15, 0.2) is 48.5 Å². The van der Waals surface area contributed by atoms with Crippen molar-refractivity contribution < 1.29 is 18.4 Å². The Bertz CT molecular complexity index is 1370. The van der Waals surface area contributed by atoms with Gasteiger partial charge < -0.3 is 16.4 Å². The number of nitrogen functional groups attached to an aromatic ring is 1. The Kier molecular flexibility index (Phi) is 7.10. The average Bonchev–Trinajstić information content (AvgIpc) is 3.39. The van der Waals surface area contributed by atoms with Crippen LogP contribution < -0.4 is 16.4 Å². The van der Waals surface area contributed by atoms with Gasteiger partial charge in [0.25, 0.3) is 5.91 Å². The maximum absolute atomic E-state index is 14.2. The molecule has 1 aliphatic rings. The number of nitrogens with one attached hydrogen (secondary N) is 2. The van der Waals surface area contributed by atoms with E-state index in [4.69, 9.17) is 63.7 Å². The standard InChI is InChI=1S/C23H14Cl5F2N3O2/c24-12-4-2-10(8-11(12)21(34)33-20-15(29)5-6-16(31)19(20)30)32-22(35)18-17(23(18,27)28)9-1-3-13(25)14(26)7-9/h1-8,17-18H,31H2,(H,32,35)(H,33,34)/t17-,18?/m0/s1. The summed E-state index contributed by atoms with van der Waals surface area (Å²) in [5.74, 6) is -4.96. The maximum Gasteiger partial charge on any atom is 0.257 e. The smallest absolute Gasteiger partial charge is 0.257 e. The minimum atomic E-state index is -1.39. The van der Waals surface area contributed by atoms with Crippen LogP contribution in [-0.4, -0.2) is 16.1 Å². The van der Waals surface area contributed by atoms with Crippen molar-refractivity contribution in [2.75, 3.05) is 16.4 Å². The van der Waals surface area contributed by atoms with E-state index in [0.717, 1.165) is 12.1 Å². The summed E-state index contributed by atoms with van der Waals surface area (Å²) < 4.78 is 26.8. The van der Waals surface area contributed by atoms with Crippen LogP contribution in [0.4, 0.5) is 25.8 Å². The Morgan fingerprint density at radius 1 is 0.886 bits per heavy atom. The number of carbonyl (C=O) groups excluding carboxylic acids is 2. The molecular formula is C23H14Cl5F2N3O2. The first-order valence-corrected chi connectivity index (χ1v) is 11.8. The SMILES string of the molecule is Nc1ccc(F)c(NC(=O)c2cc(NC(=O)C3[C@H](c4ccc(Cl)c(Cl)c4)C3(Cl)Cl)ccc2Cl)c1F. The van der Waals surface area contributed by atoms with Crippen LogP contribution in [-0.2, 0) is 4.79 Å². The number of hydrogen-bond acceptors (Lipinski definition) is 3. The summed E-state index contributed by atoms with van der Waals surface area (Å²) in [5, 5.41) is 5.36. The van der Waals surface area contributed by atoms with Crippen molar-refractivity contribution in [1.29, 1.82) is 0 Å². The van der Waals surface area contributed by atoms with Gasteiger partial charge in [-0.25, -0.2) is 8.78 Å². The zero-order chi connectivity index (χ0) is 25.7. The van der Waals surface area contributed by atoms with Crippen LogP contribution in [0.1, 0.15) is 21.8 Å². The number of nitrogens with two attached hydrogens (primary N) is 1. The van der Waals surface area contributed by atoms with E-state index in [1.807, 2.05) is 0 Å². The molecule has 0 spiro atoms. The van der Waals surface area contributed by atoms with Crippen LogP contribution in [0.3, 0.4) is 0 Å². The molecule has 0 aliphatic heterocycles. The molecule has 3 aromatic carbocycles. The van der Waals surface area contributed by atoms with Crippen LogP contribution >= 0.6 is 58.0 Å². The van der Waals surface area contributed by atoms with Gasteiger partial charge in [0, 0.05) is 11.6 Å². The first-order valence-electron chi connectivity index (χ1n) is 9.89. The lowest BCUT2D eigenvalue weighted by molar-refractivity contribution is -0.117. The lowest BCUT2D eigenvalue weighted by Gasteiger charge is -2.12. The van der Waals surface area contributed by atoms with Gasteiger partial charge in [-0.15, -0.1) is 23.2 Å². The van der Waals surface area contributed by atoms with E-state index in [0.29, 0.717) is 15.6 Å². The molecule has 4 N–H and O–H groups in total. The van der Waals surface area contributed by atoms with Crippen molar-refractivity contribution in [3.63, 3.8) is 0 Å². The van der Waals surface area contributed by atoms with Gasteiger partial charge in [-0.3, -0.25) is 9.59 Å². The van der Waals surface area contributed by atoms with Crippen LogP contribution in [0.5, 0.6) is 0 Å². The molecule has 2 atom stereocenters. The van der Waals surface area contributed by atoms with Crippen molar-refractivity contribution >= 4 is 86.9 Å². The largest absolute Gasteiger partial charge is 0.396 e. The van der Waals surface area contributed by atoms with Crippen LogP contribution in [0.2, 0.25) is 15.1 Å². The lowest BCUT2D eigenvalue weighted by Crippen LogP contribution is -2.19. The fraction of sp³-hybridized carbons (Fsp3) is 0.130. The molecule has 4 rings (SSSR count). The Morgan fingerprint density at radius 2 is 1.57 bits per heavy atom. The van der Waals surface area contributed by atoms with E-state index >= 15 is 0 Å². The summed E-state index contributed by atoms with van der Waals surface area (Å²) in [6.07, 6.45) is 0. The second kappa shape index (κ2) is 9.64. The van der Waals surface area contributed by atoms with Gasteiger partial charge in [0.1, 0.15) is 15.8 Å². The normalized spacial score (nSPS) is 18.1. The minimum absolute atomic E-state index is 0.0191. The molecule has 0 bridgehead atoms. The number of benzene rings is 3. The highest BCUT2D eigenvalue weighted by Crippen LogP contribution is 2.65. The fourth-order valence-electron chi connectivity index (χ4n) is 3.63. The molecule has 0 heterocycles. The monoisotopic (exact) mass is 577 g/mol. The second-order valence-electron chi connectivity index (χ2n) is 7.77. The van der Waals surface area contributed by atoms with Gasteiger partial charge in [0.2, 0.25) is 5.91 Å². The molecule has 5 nitrogen and oxygen atoms in total. The first kappa shape index (κ1) is 25.8. The zero-order valence-electron chi connectivity index (χ0n) is 17.3. The van der Waals surface area contributed by atoms with Gasteiger partial charge >= 0.3 is 0 Å². The van der Waals surface area contributed by atoms with Crippen LogP contribution in [0, 0.1) is 17.6 Å². The lowest BCUT2D eigenvalue weighted by atomic mass is 10.1. The Hall–Kier alpha value is -2.29. The van der Waals surface area contributed by atoms with Crippen molar-refractivity contribution in [1.82, 2.24) is 0 Å². The van der Waals surface area contributed by atoms with E-state index in [-0.39, 0.29) is 22.0 Å². The Labute approximate surface area is 223 Å². The number of halogens is 7. The molecule has 0 aromatic heterocycles. The van der Waals surface area contributed by atoms with Crippen molar-refractivity contribution in [2.45, 2.75) is 10.3 Å². The molecule has 12 heteroatoms. The highest BCUT2D eigenvalue weighted by molar-refractivity contribution is 6.53. The third-order valence-corrected chi connectivity index (χ3v) is 7.49. The van der Waals surface area contributed by atoms with Crippen molar-refractivity contribution in [3.8, 4) is 0 Å². The molecule has 0 radical (unpaired) electrons. The Balaban J connectivity index is 1.53. The number of rotatable bonds is 5. The molecule has 1 aliphatic carbocycles. The molecule has 35 heavy (non-hydrogen) atoms. The predicted molar refractivity (Wildman–Crippen MR) is 136 cm³/mol. The molecule has 3 aromatic rings. The Morgan fingerprint density at radius 3 is 2.26 bits per heavy atom. The molecule has 182 valence electrons. The highest BCUT2D eigenvalue weighted by Gasteiger charge is 2.67. The summed E-state index contributed by atoms with van der Waals surface area (Å²) in [6, 6.07) is 10.8. The zero-order valence-corrected chi connectivity index (χ0v) is 21.1. The van der Waals surface area contributed by atoms with E-state index in [9.17, 15) is 18.4 Å². The summed E-state index contributed by atoms with van der Waals surface area (Å²) >= 11 is 30.8. The molecule has 1 unspecified atom stereocenters. The fourth-order valence-corrected chi connectivity index (χ4v) is 4.97. The van der Waals surface area contributed by atoms with E-state index < -0.39 is 45.3 Å². The van der Waals surface area contributed by atoms with Crippen LogP contribution in [0.25, 0.3) is 0 Å². The molecule has 0 saturated heterocycles. The van der Waals surface area contributed by atoms with Crippen molar-refractivity contribution in [3.05, 3.63) is 86.4 Å². The van der Waals surface area contributed by atoms with Gasteiger partial charge in [-0.05, 0) is 48.0 Å². The van der Waals surface area contributed by atoms with Gasteiger partial charge in [-0.1, -0.05) is 40.9 Å². The average molecular weight is 580 g/mol. The maximum atomic E-state index is 14.2. The molecule has 2 amide bonds. The topological polar surface area (TPSA) is 84.2 Å². The van der Waals surface area contributed by atoms with E-state index in [1.165, 1.54) is 18.2 Å². The number of anilines is 3. The van der Waals surface area contributed by atoms with E-state index in [2.05, 4.69) is 10.6 Å². The number of amides is 2. The summed E-state index contributed by atoms with van der Waals surface area (Å²) in [6.45, 7) is 0. The van der Waals surface area contributed by atoms with E-state index in [1.54, 1.807) is 18.2 Å². The minimum Gasteiger partial charge on any atom is -0.396 e. The highest BCUT2D eigenvalue weighted by atomic mass is 35.5. The first-order chi connectivity index (χ1) is 16.4. The molecular weight excluding hydrogens is 566 g/mol. The summed E-state index contributed by atoms with van der Waals surface area (Å²) in [4.78, 5) is 25.6. The third kappa shape index (κ3) is 5.01. The van der Waals surface area contributed by atoms with Gasteiger partial charge in [0.05, 0.1) is 32.2 Å². The van der Waals surface area contributed by atoms with Gasteiger partial charge in [0.15, 0.2) is 5.82 Å². The summed E-state index contributed by atoms with van der Waals surface area (Å²) in [5.41, 5.74) is 5.03. The van der Waals surface area contributed by atoms with Crippen molar-refractivity contribution in [2.24, 2.45) is 5.92 Å². The third-order valence-electron chi connectivity index (χ3n) is 5.48. The number of carbonyl (C=O) groups is 2. The molecule has 1 fully saturated rings. The quantitative estimate of drug-likeness (QED) is 0.219. The number of alkyl halides is 2. The predicted octanol–water partition coefficient (Wildman–Crippen LogP) is 7.29. The number of hydrogen-bond donors (Lipinski definition) is 3.